The van der Waals surface area contributed by atoms with Gasteiger partial charge in [0.15, 0.2) is 0 Å². The third-order valence-corrected chi connectivity index (χ3v) is 5.18. The summed E-state index contributed by atoms with van der Waals surface area (Å²) in [6.45, 7) is 7.07. The molecule has 9 heteroatoms. The molecule has 0 bridgehead atoms. The summed E-state index contributed by atoms with van der Waals surface area (Å²) in [7, 11) is 0. The van der Waals surface area contributed by atoms with Gasteiger partial charge in [-0.25, -0.2) is 9.07 Å². The van der Waals surface area contributed by atoms with Gasteiger partial charge in [-0.1, -0.05) is 26.0 Å². The predicted molar refractivity (Wildman–Crippen MR) is 102 cm³/mol. The fourth-order valence-electron chi connectivity index (χ4n) is 3.46. The summed E-state index contributed by atoms with van der Waals surface area (Å²) in [6, 6.07) is 5.72. The Morgan fingerprint density at radius 1 is 1.44 bits per heavy atom. The first-order chi connectivity index (χ1) is 12.3. The van der Waals surface area contributed by atoms with Crippen LogP contribution in [-0.4, -0.2) is 50.1 Å². The van der Waals surface area contributed by atoms with Crippen molar-refractivity contribution in [3.8, 4) is 0 Å². The molecule has 1 saturated heterocycles. The van der Waals surface area contributed by atoms with Crippen LogP contribution < -0.4 is 5.73 Å². The maximum absolute atomic E-state index is 13.6. The van der Waals surface area contributed by atoms with Crippen molar-refractivity contribution in [2.24, 2.45) is 11.1 Å². The molecule has 1 aliphatic heterocycles. The minimum atomic E-state index is -0.614. The largest absolute Gasteiger partial charge is 0.340 e. The molecule has 3 rings (SSSR count). The molecular weight excluding hydrogens is 371 g/mol. The number of nitrogens with zero attached hydrogens (tertiary/aromatic N) is 5. The van der Waals surface area contributed by atoms with Gasteiger partial charge in [0.25, 0.3) is 0 Å². The van der Waals surface area contributed by atoms with Gasteiger partial charge in [-0.15, -0.1) is 17.5 Å². The van der Waals surface area contributed by atoms with E-state index in [0.29, 0.717) is 25.3 Å². The third kappa shape index (κ3) is 4.62. The zero-order chi connectivity index (χ0) is 18.9. The molecule has 0 radical (unpaired) electrons. The summed E-state index contributed by atoms with van der Waals surface area (Å²) in [4.78, 5) is 15.1. The van der Waals surface area contributed by atoms with Crippen molar-refractivity contribution in [2.75, 3.05) is 13.1 Å². The van der Waals surface area contributed by atoms with Gasteiger partial charge in [0, 0.05) is 25.6 Å². The number of piperidine rings is 1. The van der Waals surface area contributed by atoms with Crippen LogP contribution >= 0.6 is 12.4 Å². The van der Waals surface area contributed by atoms with Gasteiger partial charge < -0.3 is 10.6 Å². The fraction of sp³-hybridized carbons (Fsp3) is 0.556. The molecule has 2 aromatic rings. The Balaban J connectivity index is 0.00000261. The highest BCUT2D eigenvalue weighted by molar-refractivity contribution is 5.85. The number of nitrogens with two attached hydrogens (primary N) is 1. The topological polar surface area (TPSA) is 89.9 Å². The van der Waals surface area contributed by atoms with E-state index in [4.69, 9.17) is 5.73 Å². The van der Waals surface area contributed by atoms with E-state index < -0.39 is 6.04 Å². The molecule has 0 saturated carbocycles. The molecule has 148 valence electrons. The minimum Gasteiger partial charge on any atom is -0.340 e. The van der Waals surface area contributed by atoms with Crippen molar-refractivity contribution in [3.05, 3.63) is 41.5 Å². The Hall–Kier alpha value is -2.06. The van der Waals surface area contributed by atoms with Crippen LogP contribution in [0.1, 0.15) is 37.7 Å². The van der Waals surface area contributed by atoms with E-state index in [9.17, 15) is 9.18 Å². The van der Waals surface area contributed by atoms with Gasteiger partial charge in [-0.05, 0) is 46.9 Å². The van der Waals surface area contributed by atoms with Gasteiger partial charge in [-0.2, -0.15) is 0 Å². The van der Waals surface area contributed by atoms with Crippen molar-refractivity contribution >= 4 is 18.3 Å². The summed E-state index contributed by atoms with van der Waals surface area (Å²) in [5, 5.41) is 11.6. The van der Waals surface area contributed by atoms with Crippen molar-refractivity contribution in [2.45, 2.75) is 45.7 Å². The molecule has 2 atom stereocenters. The Morgan fingerprint density at radius 2 is 2.19 bits per heavy atom. The van der Waals surface area contributed by atoms with Crippen LogP contribution in [0.5, 0.6) is 0 Å². The molecule has 1 fully saturated rings. The number of aryl methyl sites for hydroxylation is 1. The third-order valence-electron chi connectivity index (χ3n) is 5.18. The molecule has 0 spiro atoms. The van der Waals surface area contributed by atoms with E-state index in [1.807, 2.05) is 4.90 Å². The number of tetrazole rings is 1. The van der Waals surface area contributed by atoms with Crippen LogP contribution in [0.2, 0.25) is 0 Å². The van der Waals surface area contributed by atoms with E-state index in [2.05, 4.69) is 29.4 Å². The smallest absolute Gasteiger partial charge is 0.247 e. The van der Waals surface area contributed by atoms with Gasteiger partial charge in [0.2, 0.25) is 5.91 Å². The summed E-state index contributed by atoms with van der Waals surface area (Å²) < 4.78 is 15.1. The number of likely N-dealkylation sites (tertiary alicyclic amines) is 1. The summed E-state index contributed by atoms with van der Waals surface area (Å²) >= 11 is 0. The zero-order valence-corrected chi connectivity index (χ0v) is 16.6. The Bertz CT molecular complexity index is 796. The van der Waals surface area contributed by atoms with Gasteiger partial charge >= 0.3 is 0 Å². The number of carbonyl (C=O) groups excluding carboxylic acids is 1. The molecule has 2 N–H and O–H groups in total. The van der Waals surface area contributed by atoms with E-state index >= 15 is 0 Å². The zero-order valence-electron chi connectivity index (χ0n) is 15.8. The normalized spacial score (nSPS) is 20.0. The van der Waals surface area contributed by atoms with Crippen LogP contribution in [0, 0.1) is 18.2 Å². The Labute approximate surface area is 164 Å². The molecule has 1 aliphatic rings. The maximum atomic E-state index is 13.6. The summed E-state index contributed by atoms with van der Waals surface area (Å²) in [6.07, 6.45) is 1.07. The highest BCUT2D eigenvalue weighted by Gasteiger charge is 2.38. The molecule has 7 nitrogen and oxygen atoms in total. The number of hydrogen-bond donors (Lipinski definition) is 1. The van der Waals surface area contributed by atoms with E-state index in [1.54, 1.807) is 19.1 Å². The number of benzene rings is 1. The van der Waals surface area contributed by atoms with Crippen molar-refractivity contribution < 1.29 is 9.18 Å². The van der Waals surface area contributed by atoms with Gasteiger partial charge in [0.1, 0.15) is 17.7 Å². The lowest BCUT2D eigenvalue weighted by molar-refractivity contribution is -0.138. The SMILES string of the molecule is Cc1nnnn1C(Cc1cccc(F)c1)C(=O)N1CCC(N)C(C)(C)C1.Cl. The second-order valence-electron chi connectivity index (χ2n) is 7.66. The number of halogens is 2. The van der Waals surface area contributed by atoms with E-state index in [-0.39, 0.29) is 35.6 Å². The first-order valence-corrected chi connectivity index (χ1v) is 8.81. The fourth-order valence-corrected chi connectivity index (χ4v) is 3.46. The minimum absolute atomic E-state index is 0. The molecule has 0 aliphatic carbocycles. The lowest BCUT2D eigenvalue weighted by Crippen LogP contribution is -2.55. The van der Waals surface area contributed by atoms with Crippen molar-refractivity contribution in [1.29, 1.82) is 0 Å². The summed E-state index contributed by atoms with van der Waals surface area (Å²) in [5.41, 5.74) is 6.76. The first kappa shape index (κ1) is 21.2. The highest BCUT2D eigenvalue weighted by Crippen LogP contribution is 2.30. The first-order valence-electron chi connectivity index (χ1n) is 8.81. The lowest BCUT2D eigenvalue weighted by Gasteiger charge is -2.43. The van der Waals surface area contributed by atoms with E-state index in [1.165, 1.54) is 16.8 Å². The molecule has 2 unspecified atom stereocenters. The monoisotopic (exact) mass is 396 g/mol. The number of amides is 1. The van der Waals surface area contributed by atoms with E-state index in [0.717, 1.165) is 12.0 Å². The standard InChI is InChI=1S/C18H25FN6O.ClH/c1-12-21-22-23-25(12)15(10-13-5-4-6-14(19)9-13)17(26)24-8-7-16(20)18(2,3)11-24;/h4-6,9,15-16H,7-8,10-11,20H2,1-3H3;1H. The molecule has 2 heterocycles. The average molecular weight is 397 g/mol. The second-order valence-corrected chi connectivity index (χ2v) is 7.66. The van der Waals surface area contributed by atoms with Crippen molar-refractivity contribution in [1.82, 2.24) is 25.1 Å². The summed E-state index contributed by atoms with van der Waals surface area (Å²) in [5.74, 6) is 0.157. The van der Waals surface area contributed by atoms with Crippen LogP contribution in [0.15, 0.2) is 24.3 Å². The highest BCUT2D eigenvalue weighted by atomic mass is 35.5. The van der Waals surface area contributed by atoms with Gasteiger partial charge in [0.05, 0.1) is 0 Å². The lowest BCUT2D eigenvalue weighted by atomic mass is 9.79. The predicted octanol–water partition coefficient (Wildman–Crippen LogP) is 1.91. The quantitative estimate of drug-likeness (QED) is 0.852. The maximum Gasteiger partial charge on any atom is 0.247 e. The molecule has 1 amide bonds. The number of hydrogen-bond acceptors (Lipinski definition) is 5. The van der Waals surface area contributed by atoms with Crippen LogP contribution in [0.25, 0.3) is 0 Å². The Kier molecular flexibility index (Phi) is 6.54. The molecule has 27 heavy (non-hydrogen) atoms. The van der Waals surface area contributed by atoms with Crippen molar-refractivity contribution in [3.63, 3.8) is 0 Å². The van der Waals surface area contributed by atoms with Crippen LogP contribution in [0.4, 0.5) is 4.39 Å². The number of carbonyl (C=O) groups is 1. The number of rotatable bonds is 4. The second kappa shape index (κ2) is 8.31. The van der Waals surface area contributed by atoms with Crippen LogP contribution in [0.3, 0.4) is 0 Å². The number of aromatic nitrogens is 4. The van der Waals surface area contributed by atoms with Crippen LogP contribution in [-0.2, 0) is 11.2 Å². The Morgan fingerprint density at radius 3 is 2.78 bits per heavy atom. The molecular formula is C18H26ClFN6O. The average Bonchev–Trinajstić information content (AvgIpc) is 3.00. The molecule has 1 aromatic heterocycles. The molecule has 1 aromatic carbocycles. The van der Waals surface area contributed by atoms with Gasteiger partial charge in [-0.3, -0.25) is 4.79 Å².